The van der Waals surface area contributed by atoms with Crippen molar-refractivity contribution >= 4 is 0 Å². The Morgan fingerprint density at radius 2 is 2.14 bits per heavy atom. The molecule has 1 aromatic rings. The maximum absolute atomic E-state index is 5.91. The third-order valence-electron chi connectivity index (χ3n) is 2.13. The molecule has 4 heteroatoms. The van der Waals surface area contributed by atoms with Crippen molar-refractivity contribution in [2.24, 2.45) is 11.7 Å². The van der Waals surface area contributed by atoms with E-state index in [1.807, 2.05) is 24.7 Å². The third-order valence-corrected chi connectivity index (χ3v) is 2.13. The lowest BCUT2D eigenvalue weighted by atomic mass is 10.0. The van der Waals surface area contributed by atoms with Crippen LogP contribution in [0.2, 0.25) is 0 Å². The van der Waals surface area contributed by atoms with Crippen molar-refractivity contribution in [2.45, 2.75) is 46.2 Å². The van der Waals surface area contributed by atoms with Crippen LogP contribution in [0.4, 0.5) is 0 Å². The minimum atomic E-state index is -0.393. The summed E-state index contributed by atoms with van der Waals surface area (Å²) in [6.07, 6.45) is 3.05. The molecule has 0 bridgehead atoms. The molecular formula is C10H20N4. The number of hydrogen-bond acceptors (Lipinski definition) is 3. The van der Waals surface area contributed by atoms with Gasteiger partial charge in [-0.3, -0.25) is 4.68 Å². The first-order chi connectivity index (χ1) is 6.39. The highest BCUT2D eigenvalue weighted by molar-refractivity contribution is 5.05. The minimum Gasteiger partial charge on any atom is -0.320 e. The van der Waals surface area contributed by atoms with Crippen LogP contribution >= 0.6 is 0 Å². The standard InChI is InChI=1S/C10H20N4/c1-8(2)5-6-14-7-9(12-13-14)10(3,4)11/h7-8H,5-6,11H2,1-4H3. The molecule has 4 nitrogen and oxygen atoms in total. The van der Waals surface area contributed by atoms with Gasteiger partial charge < -0.3 is 5.73 Å². The Morgan fingerprint density at radius 3 is 2.57 bits per heavy atom. The molecule has 2 N–H and O–H groups in total. The van der Waals surface area contributed by atoms with E-state index in [2.05, 4.69) is 24.2 Å². The van der Waals surface area contributed by atoms with Crippen LogP contribution in [-0.4, -0.2) is 15.0 Å². The normalized spacial score (nSPS) is 12.4. The maximum atomic E-state index is 5.91. The minimum absolute atomic E-state index is 0.393. The molecule has 0 spiro atoms. The van der Waals surface area contributed by atoms with E-state index in [0.29, 0.717) is 5.92 Å². The van der Waals surface area contributed by atoms with Crippen LogP contribution < -0.4 is 5.73 Å². The van der Waals surface area contributed by atoms with Gasteiger partial charge in [0.15, 0.2) is 0 Å². The third kappa shape index (κ3) is 3.10. The van der Waals surface area contributed by atoms with E-state index in [9.17, 15) is 0 Å². The summed E-state index contributed by atoms with van der Waals surface area (Å²) in [6.45, 7) is 9.18. The van der Waals surface area contributed by atoms with Gasteiger partial charge in [0.05, 0.1) is 11.7 Å². The summed E-state index contributed by atoms with van der Waals surface area (Å²) in [4.78, 5) is 0. The maximum Gasteiger partial charge on any atom is 0.102 e. The fourth-order valence-electron chi connectivity index (χ4n) is 1.09. The lowest BCUT2D eigenvalue weighted by Gasteiger charge is -2.13. The highest BCUT2D eigenvalue weighted by atomic mass is 15.4. The predicted octanol–water partition coefficient (Wildman–Crippen LogP) is 1.52. The molecule has 0 aliphatic rings. The van der Waals surface area contributed by atoms with E-state index in [1.54, 1.807) is 0 Å². The Morgan fingerprint density at radius 1 is 1.50 bits per heavy atom. The molecule has 0 saturated carbocycles. The molecule has 80 valence electrons. The number of hydrogen-bond donors (Lipinski definition) is 1. The van der Waals surface area contributed by atoms with Crippen molar-refractivity contribution in [2.75, 3.05) is 0 Å². The van der Waals surface area contributed by atoms with Gasteiger partial charge in [0.2, 0.25) is 0 Å². The SMILES string of the molecule is CC(C)CCn1cc(C(C)(C)N)nn1. The second-order valence-electron chi connectivity index (χ2n) is 4.77. The Bertz CT molecular complexity index is 283. The predicted molar refractivity (Wildman–Crippen MR) is 56.7 cm³/mol. The number of rotatable bonds is 4. The van der Waals surface area contributed by atoms with Gasteiger partial charge in [-0.2, -0.15) is 0 Å². The molecule has 0 fully saturated rings. The van der Waals surface area contributed by atoms with Crippen molar-refractivity contribution in [3.8, 4) is 0 Å². The first kappa shape index (κ1) is 11.2. The average Bonchev–Trinajstić information content (AvgIpc) is 2.47. The molecule has 0 aliphatic heterocycles. The van der Waals surface area contributed by atoms with E-state index < -0.39 is 5.54 Å². The fraction of sp³-hybridized carbons (Fsp3) is 0.800. The molecule has 1 aromatic heterocycles. The van der Waals surface area contributed by atoms with Crippen LogP contribution in [0.25, 0.3) is 0 Å². The van der Waals surface area contributed by atoms with Crippen LogP contribution in [-0.2, 0) is 12.1 Å². The summed E-state index contributed by atoms with van der Waals surface area (Å²) >= 11 is 0. The topological polar surface area (TPSA) is 56.7 Å². The quantitative estimate of drug-likeness (QED) is 0.794. The summed E-state index contributed by atoms with van der Waals surface area (Å²) in [5.74, 6) is 0.688. The molecule has 0 radical (unpaired) electrons. The fourth-order valence-corrected chi connectivity index (χ4v) is 1.09. The van der Waals surface area contributed by atoms with Gasteiger partial charge in [0.1, 0.15) is 5.69 Å². The summed E-state index contributed by atoms with van der Waals surface area (Å²) in [6, 6.07) is 0. The van der Waals surface area contributed by atoms with Gasteiger partial charge in [-0.1, -0.05) is 19.1 Å². The first-order valence-electron chi connectivity index (χ1n) is 5.09. The summed E-state index contributed by atoms with van der Waals surface area (Å²) in [7, 11) is 0. The molecule has 0 amide bonds. The van der Waals surface area contributed by atoms with Crippen molar-refractivity contribution in [1.29, 1.82) is 0 Å². The summed E-state index contributed by atoms with van der Waals surface area (Å²) in [5, 5.41) is 8.09. The number of aryl methyl sites for hydroxylation is 1. The van der Waals surface area contributed by atoms with Gasteiger partial charge in [-0.15, -0.1) is 5.10 Å². The van der Waals surface area contributed by atoms with E-state index in [4.69, 9.17) is 5.73 Å². The van der Waals surface area contributed by atoms with Crippen LogP contribution in [0, 0.1) is 5.92 Å². The Kier molecular flexibility index (Phi) is 3.26. The van der Waals surface area contributed by atoms with E-state index in [0.717, 1.165) is 18.7 Å². The largest absolute Gasteiger partial charge is 0.320 e. The zero-order valence-corrected chi connectivity index (χ0v) is 9.49. The number of nitrogens with zero attached hydrogens (tertiary/aromatic N) is 3. The highest BCUT2D eigenvalue weighted by Crippen LogP contribution is 2.12. The zero-order chi connectivity index (χ0) is 10.8. The number of aromatic nitrogens is 3. The number of nitrogens with two attached hydrogens (primary N) is 1. The zero-order valence-electron chi connectivity index (χ0n) is 9.49. The highest BCUT2D eigenvalue weighted by Gasteiger charge is 2.17. The van der Waals surface area contributed by atoms with Gasteiger partial charge in [0.25, 0.3) is 0 Å². The van der Waals surface area contributed by atoms with Crippen LogP contribution in [0.15, 0.2) is 6.20 Å². The van der Waals surface area contributed by atoms with Gasteiger partial charge in [0, 0.05) is 6.54 Å². The molecule has 0 aliphatic carbocycles. The summed E-state index contributed by atoms with van der Waals surface area (Å²) < 4.78 is 1.87. The Balaban J connectivity index is 2.60. The van der Waals surface area contributed by atoms with Crippen LogP contribution in [0.5, 0.6) is 0 Å². The van der Waals surface area contributed by atoms with Gasteiger partial charge in [-0.05, 0) is 26.2 Å². The molecule has 0 saturated heterocycles. The van der Waals surface area contributed by atoms with Crippen molar-refractivity contribution < 1.29 is 0 Å². The monoisotopic (exact) mass is 196 g/mol. The lowest BCUT2D eigenvalue weighted by molar-refractivity contribution is 0.478. The Hall–Kier alpha value is -0.900. The van der Waals surface area contributed by atoms with E-state index in [-0.39, 0.29) is 0 Å². The van der Waals surface area contributed by atoms with Crippen molar-refractivity contribution in [1.82, 2.24) is 15.0 Å². The Labute approximate surface area is 85.5 Å². The van der Waals surface area contributed by atoms with Crippen molar-refractivity contribution in [3.05, 3.63) is 11.9 Å². The van der Waals surface area contributed by atoms with Gasteiger partial charge >= 0.3 is 0 Å². The smallest absolute Gasteiger partial charge is 0.102 e. The molecule has 14 heavy (non-hydrogen) atoms. The first-order valence-corrected chi connectivity index (χ1v) is 5.09. The van der Waals surface area contributed by atoms with Crippen LogP contribution in [0.1, 0.15) is 39.8 Å². The van der Waals surface area contributed by atoms with Crippen molar-refractivity contribution in [3.63, 3.8) is 0 Å². The molecule has 0 aromatic carbocycles. The second-order valence-corrected chi connectivity index (χ2v) is 4.77. The summed E-state index contributed by atoms with van der Waals surface area (Å²) in [5.41, 5.74) is 6.37. The van der Waals surface area contributed by atoms with Crippen LogP contribution in [0.3, 0.4) is 0 Å². The molecule has 1 rings (SSSR count). The second kappa shape index (κ2) is 4.09. The molecule has 1 heterocycles. The molecular weight excluding hydrogens is 176 g/mol. The van der Waals surface area contributed by atoms with E-state index in [1.165, 1.54) is 0 Å². The average molecular weight is 196 g/mol. The van der Waals surface area contributed by atoms with E-state index >= 15 is 0 Å². The lowest BCUT2D eigenvalue weighted by Crippen LogP contribution is -2.29. The molecule has 0 unspecified atom stereocenters. The van der Waals surface area contributed by atoms with Gasteiger partial charge in [-0.25, -0.2) is 0 Å². The molecule has 0 atom stereocenters.